The molecule has 0 aliphatic heterocycles. The van der Waals surface area contributed by atoms with Gasteiger partial charge in [-0.15, -0.1) is 0 Å². The van der Waals surface area contributed by atoms with Crippen LogP contribution in [0.3, 0.4) is 0 Å². The summed E-state index contributed by atoms with van der Waals surface area (Å²) in [4.78, 5) is 29.7. The third kappa shape index (κ3) is 9.63. The first-order chi connectivity index (χ1) is 16.5. The van der Waals surface area contributed by atoms with Gasteiger partial charge in [0, 0.05) is 49.5 Å². The molecule has 0 N–H and O–H groups in total. The number of rotatable bonds is 16. The second-order valence-corrected chi connectivity index (χ2v) is 9.60. The molecule has 1 aromatic carbocycles. The Kier molecular flexibility index (Phi) is 13.0. The number of benzene rings is 1. The fourth-order valence-electron chi connectivity index (χ4n) is 3.81. The molecule has 188 valence electrons. The van der Waals surface area contributed by atoms with Crippen molar-refractivity contribution in [2.45, 2.75) is 65.5 Å². The monoisotopic (exact) mass is 533 g/mol. The summed E-state index contributed by atoms with van der Waals surface area (Å²) in [6.07, 6.45) is 7.42. The summed E-state index contributed by atoms with van der Waals surface area (Å²) in [5.41, 5.74) is 2.29. The van der Waals surface area contributed by atoms with Crippen molar-refractivity contribution >= 4 is 27.7 Å². The van der Waals surface area contributed by atoms with Crippen LogP contribution < -0.4 is 0 Å². The summed E-state index contributed by atoms with van der Waals surface area (Å²) in [7, 11) is 1.62. The van der Waals surface area contributed by atoms with E-state index in [-0.39, 0.29) is 18.4 Å². The Balaban J connectivity index is 2.10. The van der Waals surface area contributed by atoms with E-state index in [0.717, 1.165) is 48.8 Å². The van der Waals surface area contributed by atoms with Crippen LogP contribution in [0.15, 0.2) is 47.1 Å². The molecule has 1 heterocycles. The minimum absolute atomic E-state index is 0.00946. The van der Waals surface area contributed by atoms with E-state index in [1.165, 1.54) is 5.56 Å². The predicted molar refractivity (Wildman–Crippen MR) is 141 cm³/mol. The molecule has 34 heavy (non-hydrogen) atoms. The van der Waals surface area contributed by atoms with E-state index < -0.39 is 0 Å². The van der Waals surface area contributed by atoms with Crippen LogP contribution in [0.4, 0.5) is 0 Å². The summed E-state index contributed by atoms with van der Waals surface area (Å²) in [5.74, 6) is 0.0256. The van der Waals surface area contributed by atoms with Crippen molar-refractivity contribution in [3.63, 3.8) is 0 Å². The van der Waals surface area contributed by atoms with Crippen molar-refractivity contribution in [2.24, 2.45) is 0 Å². The number of unbranched alkanes of at least 4 members (excludes halogenated alkanes) is 3. The highest BCUT2D eigenvalue weighted by Crippen LogP contribution is 2.15. The van der Waals surface area contributed by atoms with Gasteiger partial charge in [0.2, 0.25) is 11.8 Å². The molecule has 0 aliphatic carbocycles. The van der Waals surface area contributed by atoms with Crippen molar-refractivity contribution in [1.29, 1.82) is 0 Å². The van der Waals surface area contributed by atoms with Crippen molar-refractivity contribution in [3.8, 4) is 0 Å². The second kappa shape index (κ2) is 15.7. The predicted octanol–water partition coefficient (Wildman–Crippen LogP) is 5.48. The molecule has 6 nitrogen and oxygen atoms in total. The molecule has 7 heteroatoms. The molecule has 0 saturated carbocycles. The van der Waals surface area contributed by atoms with Gasteiger partial charge in [0.1, 0.15) is 0 Å². The van der Waals surface area contributed by atoms with Crippen molar-refractivity contribution in [2.75, 3.05) is 33.4 Å². The van der Waals surface area contributed by atoms with Crippen molar-refractivity contribution in [3.05, 3.63) is 58.3 Å². The average Bonchev–Trinajstić information content (AvgIpc) is 3.27. The number of amides is 2. The molecule has 0 aliphatic rings. The number of carbonyl (C=O) groups is 2. The zero-order valence-corrected chi connectivity index (χ0v) is 22.6. The molecule has 1 aromatic heterocycles. The SMILES string of the molecule is CCCCCC(=O)N(CCOC)CC(=O)N(CCCC)Cc1cccn1Cc1ccc(Br)cc1. The van der Waals surface area contributed by atoms with Crippen LogP contribution in [0.25, 0.3) is 0 Å². The fourth-order valence-corrected chi connectivity index (χ4v) is 4.08. The topological polar surface area (TPSA) is 54.8 Å². The van der Waals surface area contributed by atoms with E-state index in [4.69, 9.17) is 4.74 Å². The molecule has 0 saturated heterocycles. The zero-order chi connectivity index (χ0) is 24.8. The van der Waals surface area contributed by atoms with E-state index in [9.17, 15) is 9.59 Å². The fraction of sp³-hybridized carbons (Fsp3) is 0.556. The molecule has 2 rings (SSSR count). The molecule has 2 aromatic rings. The third-order valence-corrected chi connectivity index (χ3v) is 6.44. The highest BCUT2D eigenvalue weighted by Gasteiger charge is 2.22. The van der Waals surface area contributed by atoms with Crippen LogP contribution in [0.5, 0.6) is 0 Å². The van der Waals surface area contributed by atoms with Gasteiger partial charge < -0.3 is 19.1 Å². The van der Waals surface area contributed by atoms with E-state index in [1.807, 2.05) is 23.1 Å². The smallest absolute Gasteiger partial charge is 0.242 e. The van der Waals surface area contributed by atoms with Crippen LogP contribution in [0.1, 0.15) is 63.6 Å². The van der Waals surface area contributed by atoms with Crippen molar-refractivity contribution < 1.29 is 14.3 Å². The lowest BCUT2D eigenvalue weighted by molar-refractivity contribution is -0.141. The molecule has 2 amide bonds. The lowest BCUT2D eigenvalue weighted by Gasteiger charge is -2.28. The Morgan fingerprint density at radius 1 is 0.941 bits per heavy atom. The summed E-state index contributed by atoms with van der Waals surface area (Å²) in [5, 5.41) is 0. The lowest BCUT2D eigenvalue weighted by atomic mass is 10.2. The normalized spacial score (nSPS) is 10.9. The standard InChI is InChI=1S/C27H40BrN3O3/c1-4-6-8-11-26(32)31(18-19-34-3)22-27(33)30(16-7-5-2)21-25-10-9-17-29(25)20-23-12-14-24(28)15-13-23/h9-10,12-15,17H,4-8,11,16,18-22H2,1-3H3. The van der Waals surface area contributed by atoms with Crippen LogP contribution in [0, 0.1) is 0 Å². The van der Waals surface area contributed by atoms with E-state index in [2.05, 4.69) is 58.7 Å². The zero-order valence-electron chi connectivity index (χ0n) is 21.0. The van der Waals surface area contributed by atoms with Crippen LogP contribution >= 0.6 is 15.9 Å². The van der Waals surface area contributed by atoms with Gasteiger partial charge in [-0.1, -0.05) is 61.2 Å². The molecule has 0 radical (unpaired) electrons. The Morgan fingerprint density at radius 2 is 1.68 bits per heavy atom. The maximum Gasteiger partial charge on any atom is 0.242 e. The highest BCUT2D eigenvalue weighted by atomic mass is 79.9. The largest absolute Gasteiger partial charge is 0.383 e. The molecule has 0 fully saturated rings. The number of ether oxygens (including phenoxy) is 1. The minimum Gasteiger partial charge on any atom is -0.383 e. The number of hydrogen-bond donors (Lipinski definition) is 0. The Bertz CT molecular complexity index is 866. The highest BCUT2D eigenvalue weighted by molar-refractivity contribution is 9.10. The molecular weight excluding hydrogens is 494 g/mol. The Hall–Kier alpha value is -2.12. The molecule has 0 bridgehead atoms. The third-order valence-electron chi connectivity index (χ3n) is 5.92. The molecular formula is C27H40BrN3O3. The first-order valence-corrected chi connectivity index (χ1v) is 13.2. The van der Waals surface area contributed by atoms with Gasteiger partial charge in [-0.05, 0) is 42.7 Å². The van der Waals surface area contributed by atoms with Gasteiger partial charge in [-0.2, -0.15) is 0 Å². The van der Waals surface area contributed by atoms with Crippen molar-refractivity contribution in [1.82, 2.24) is 14.4 Å². The number of aromatic nitrogens is 1. The van der Waals surface area contributed by atoms with E-state index in [0.29, 0.717) is 32.7 Å². The van der Waals surface area contributed by atoms with Gasteiger partial charge in [0.25, 0.3) is 0 Å². The number of nitrogens with zero attached hydrogens (tertiary/aromatic N) is 3. The minimum atomic E-state index is -0.00946. The molecule has 0 atom stereocenters. The number of hydrogen-bond acceptors (Lipinski definition) is 3. The quantitative estimate of drug-likeness (QED) is 0.268. The van der Waals surface area contributed by atoms with Crippen LogP contribution in [-0.2, 0) is 27.4 Å². The average molecular weight is 535 g/mol. The van der Waals surface area contributed by atoms with Gasteiger partial charge in [-0.3, -0.25) is 9.59 Å². The van der Waals surface area contributed by atoms with Gasteiger partial charge in [-0.25, -0.2) is 0 Å². The Morgan fingerprint density at radius 3 is 2.35 bits per heavy atom. The number of carbonyl (C=O) groups excluding carboxylic acids is 2. The van der Waals surface area contributed by atoms with Gasteiger partial charge in [0.15, 0.2) is 0 Å². The number of halogens is 1. The summed E-state index contributed by atoms with van der Waals surface area (Å²) < 4.78 is 8.44. The summed E-state index contributed by atoms with van der Waals surface area (Å²) in [6, 6.07) is 12.4. The molecule has 0 spiro atoms. The lowest BCUT2D eigenvalue weighted by Crippen LogP contribution is -2.44. The first-order valence-electron chi connectivity index (χ1n) is 12.4. The number of methoxy groups -OCH3 is 1. The van der Waals surface area contributed by atoms with E-state index in [1.54, 1.807) is 12.0 Å². The van der Waals surface area contributed by atoms with Gasteiger partial charge in [0.05, 0.1) is 19.7 Å². The van der Waals surface area contributed by atoms with Crippen LogP contribution in [0.2, 0.25) is 0 Å². The van der Waals surface area contributed by atoms with E-state index >= 15 is 0 Å². The first kappa shape index (κ1) is 28.1. The Labute approximate surface area is 213 Å². The molecule has 0 unspecified atom stereocenters. The maximum absolute atomic E-state index is 13.4. The summed E-state index contributed by atoms with van der Waals surface area (Å²) >= 11 is 3.49. The second-order valence-electron chi connectivity index (χ2n) is 8.69. The maximum atomic E-state index is 13.4. The van der Waals surface area contributed by atoms with Crippen LogP contribution in [-0.4, -0.2) is 59.5 Å². The van der Waals surface area contributed by atoms with Gasteiger partial charge >= 0.3 is 0 Å². The summed E-state index contributed by atoms with van der Waals surface area (Å²) in [6.45, 7) is 7.18.